The number of nitrogens with zero attached hydrogens (tertiary/aromatic N) is 1. The summed E-state index contributed by atoms with van der Waals surface area (Å²) in [5, 5.41) is 30.4. The van der Waals surface area contributed by atoms with Gasteiger partial charge >= 0.3 is 0 Å². The first-order chi connectivity index (χ1) is 20.0. The summed E-state index contributed by atoms with van der Waals surface area (Å²) in [4.78, 5) is 14.0. The molecule has 0 bridgehead atoms. The number of phenols is 1. The van der Waals surface area contributed by atoms with Gasteiger partial charge in [0, 0.05) is 23.7 Å². The van der Waals surface area contributed by atoms with Crippen molar-refractivity contribution in [3.8, 4) is 5.75 Å². The van der Waals surface area contributed by atoms with E-state index >= 15 is 0 Å². The molecule has 1 unspecified atom stereocenters. The van der Waals surface area contributed by atoms with Crippen molar-refractivity contribution in [3.05, 3.63) is 83.9 Å². The molecule has 8 nitrogen and oxygen atoms in total. The number of carbonyl (C=O) groups excluding carboxylic acids is 1. The van der Waals surface area contributed by atoms with E-state index in [-0.39, 0.29) is 5.78 Å². The van der Waals surface area contributed by atoms with Gasteiger partial charge in [0.1, 0.15) is 11.5 Å². The topological polar surface area (TPSA) is 146 Å². The average molecular weight is 589 g/mol. The summed E-state index contributed by atoms with van der Waals surface area (Å²) in [6.07, 6.45) is 8.72. The number of ether oxygens (including phenoxy) is 1. The van der Waals surface area contributed by atoms with Gasteiger partial charge < -0.3 is 19.8 Å². The zero-order valence-electron chi connectivity index (χ0n) is 27.1. The molecule has 0 amide bonds. The van der Waals surface area contributed by atoms with Crippen LogP contribution in [0.4, 0.5) is 0 Å². The highest BCUT2D eigenvalue weighted by Gasteiger charge is 2.01. The Hall–Kier alpha value is -3.30. The molecule has 0 fully saturated rings. The number of rotatable bonds is 9. The van der Waals surface area contributed by atoms with E-state index in [2.05, 4.69) is 49.5 Å². The summed E-state index contributed by atoms with van der Waals surface area (Å²) < 4.78 is 5.34. The summed E-state index contributed by atoms with van der Waals surface area (Å²) in [7, 11) is 0. The minimum absolute atomic E-state index is 0.255. The molecule has 3 rings (SSSR count). The quantitative estimate of drug-likeness (QED) is 0.0720. The fourth-order valence-electron chi connectivity index (χ4n) is 3.31. The largest absolute Gasteiger partial charge is 0.507 e. The predicted octanol–water partition coefficient (Wildman–Crippen LogP) is 8.90. The van der Waals surface area contributed by atoms with Crippen LogP contribution in [0.3, 0.4) is 0 Å². The van der Waals surface area contributed by atoms with E-state index in [1.54, 1.807) is 6.92 Å². The SMILES string of the molecule is C=C(C)OCC(C)CCCCC.CCC(C)=O.CCc1cccc(C)c1O.Cc1cc2ccccc2cn1.NO.OO. The van der Waals surface area contributed by atoms with Crippen molar-refractivity contribution in [3.63, 3.8) is 0 Å². The average Bonchev–Trinajstić information content (AvgIpc) is 3.00. The fourth-order valence-corrected chi connectivity index (χ4v) is 3.31. The lowest BCUT2D eigenvalue weighted by molar-refractivity contribution is -0.176. The lowest BCUT2D eigenvalue weighted by Crippen LogP contribution is -2.04. The molecule has 1 aromatic heterocycles. The molecule has 0 saturated carbocycles. The Balaban J connectivity index is -0.000000478. The monoisotopic (exact) mass is 588 g/mol. The molecule has 2 aromatic carbocycles. The van der Waals surface area contributed by atoms with Crippen molar-refractivity contribution < 1.29 is 30.4 Å². The highest BCUT2D eigenvalue weighted by atomic mass is 17.0. The number of allylic oxidation sites excluding steroid dienone is 1. The molecule has 6 N–H and O–H groups in total. The molecule has 8 heteroatoms. The van der Waals surface area contributed by atoms with Gasteiger partial charge in [0.15, 0.2) is 0 Å². The second-order valence-electron chi connectivity index (χ2n) is 9.78. The van der Waals surface area contributed by atoms with Gasteiger partial charge in [0.2, 0.25) is 0 Å². The van der Waals surface area contributed by atoms with Gasteiger partial charge in [-0.05, 0) is 69.0 Å². The maximum absolute atomic E-state index is 9.81. The van der Waals surface area contributed by atoms with Crippen molar-refractivity contribution in [2.24, 2.45) is 11.8 Å². The lowest BCUT2D eigenvalue weighted by Gasteiger charge is -2.12. The normalized spacial score (nSPS) is 9.81. The molecule has 0 radical (unpaired) electrons. The summed E-state index contributed by atoms with van der Waals surface area (Å²) in [6.45, 7) is 20.3. The number of unbranched alkanes of at least 4 members (excludes halogenated alkanes) is 2. The van der Waals surface area contributed by atoms with Crippen LogP contribution in [-0.4, -0.2) is 38.2 Å². The lowest BCUT2D eigenvalue weighted by atomic mass is 10.0. The van der Waals surface area contributed by atoms with Gasteiger partial charge in [0.05, 0.1) is 12.4 Å². The standard InChI is InChI=1S/C11H22O.C10H9N.C9H12O.C4H8O.H3NO.H2O2/c1-5-6-7-8-11(4)9-12-10(2)3;1-8-6-9-4-2-3-5-10(9)7-11-8;1-3-8-6-4-5-7(2)9(8)10;1-3-4(2)5;2*1-2/h11H,2,5-9H2,1,3-4H3;2-7H,1H3;4-6,10H,3H2,1-2H3;3H2,1-2H3;2H,1H2;1-2H. The van der Waals surface area contributed by atoms with Crippen molar-refractivity contribution in [2.45, 2.75) is 93.9 Å². The third-order valence-corrected chi connectivity index (χ3v) is 5.88. The van der Waals surface area contributed by atoms with Gasteiger partial charge in [0.25, 0.3) is 0 Å². The van der Waals surface area contributed by atoms with Gasteiger partial charge in [-0.1, -0.05) is 96.0 Å². The number of Topliss-reactive ketones (excluding diaryl/α,β-unsaturated/α-hetero) is 1. The number of hydrogen-bond donors (Lipinski definition) is 5. The molecule has 1 atom stereocenters. The minimum atomic E-state index is 0.255. The molecule has 0 saturated heterocycles. The Labute approximate surface area is 253 Å². The van der Waals surface area contributed by atoms with Crippen LogP contribution in [0.2, 0.25) is 0 Å². The Morgan fingerprint density at radius 3 is 2.02 bits per heavy atom. The molecule has 0 spiro atoms. The highest BCUT2D eigenvalue weighted by molar-refractivity contribution is 5.81. The van der Waals surface area contributed by atoms with Crippen LogP contribution in [-0.2, 0) is 16.0 Å². The van der Waals surface area contributed by atoms with Crippen molar-refractivity contribution >= 4 is 16.6 Å². The van der Waals surface area contributed by atoms with Crippen LogP contribution >= 0.6 is 0 Å². The number of aromatic nitrogens is 1. The second kappa shape index (κ2) is 29.2. The molecular weight excluding hydrogens is 532 g/mol. The summed E-state index contributed by atoms with van der Waals surface area (Å²) >= 11 is 0. The molecular formula is C34H56N2O6. The van der Waals surface area contributed by atoms with Crippen LogP contribution in [0.15, 0.2) is 67.1 Å². The van der Waals surface area contributed by atoms with Crippen molar-refractivity contribution in [2.75, 3.05) is 6.61 Å². The number of phenolic OH excluding ortho intramolecular Hbond substituents is 1. The number of ketones is 1. The molecule has 1 heterocycles. The number of aryl methyl sites for hydroxylation is 3. The zero-order valence-corrected chi connectivity index (χ0v) is 27.1. The van der Waals surface area contributed by atoms with E-state index in [1.807, 2.05) is 71.1 Å². The van der Waals surface area contributed by atoms with Gasteiger partial charge in [-0.25, -0.2) is 5.90 Å². The van der Waals surface area contributed by atoms with Gasteiger partial charge in [-0.2, -0.15) is 0 Å². The van der Waals surface area contributed by atoms with E-state index in [9.17, 15) is 9.90 Å². The van der Waals surface area contributed by atoms with E-state index in [1.165, 1.54) is 36.5 Å². The van der Waals surface area contributed by atoms with Crippen molar-refractivity contribution in [1.29, 1.82) is 0 Å². The smallest absolute Gasteiger partial charge is 0.129 e. The van der Waals surface area contributed by atoms with Gasteiger partial charge in [-0.3, -0.25) is 15.5 Å². The van der Waals surface area contributed by atoms with E-state index in [0.717, 1.165) is 35.6 Å². The summed E-state index contributed by atoms with van der Waals surface area (Å²) in [5.41, 5.74) is 3.06. The summed E-state index contributed by atoms with van der Waals surface area (Å²) in [5.74, 6) is 5.71. The Kier molecular flexibility index (Phi) is 30.0. The number of pyridine rings is 1. The molecule has 42 heavy (non-hydrogen) atoms. The zero-order chi connectivity index (χ0) is 32.9. The van der Waals surface area contributed by atoms with Crippen LogP contribution in [0.5, 0.6) is 5.75 Å². The first kappa shape index (κ1) is 43.2. The molecule has 0 aliphatic carbocycles. The fraction of sp³-hybridized carbons (Fsp3) is 0.471. The number of fused-ring (bicyclic) bond motifs is 1. The number of nitrogens with two attached hydrogens (primary N) is 1. The Morgan fingerprint density at radius 2 is 1.55 bits per heavy atom. The number of benzene rings is 2. The van der Waals surface area contributed by atoms with Gasteiger partial charge in [-0.15, -0.1) is 0 Å². The summed E-state index contributed by atoms with van der Waals surface area (Å²) in [6, 6.07) is 16.2. The first-order valence-electron chi connectivity index (χ1n) is 14.4. The van der Waals surface area contributed by atoms with E-state index < -0.39 is 0 Å². The number of carbonyl (C=O) groups is 1. The van der Waals surface area contributed by atoms with E-state index in [4.69, 9.17) is 20.5 Å². The van der Waals surface area contributed by atoms with Crippen molar-refractivity contribution in [1.82, 2.24) is 4.98 Å². The molecule has 0 aliphatic rings. The number of hydrogen-bond acceptors (Lipinski definition) is 8. The molecule has 238 valence electrons. The van der Waals surface area contributed by atoms with E-state index in [0.29, 0.717) is 18.1 Å². The Morgan fingerprint density at radius 1 is 0.976 bits per heavy atom. The maximum atomic E-state index is 9.81. The number of aromatic hydroxyl groups is 1. The molecule has 3 aromatic rings. The minimum Gasteiger partial charge on any atom is -0.507 e. The first-order valence-corrected chi connectivity index (χ1v) is 14.4. The molecule has 0 aliphatic heterocycles. The third-order valence-electron chi connectivity index (χ3n) is 5.88. The van der Waals surface area contributed by atoms with Crippen LogP contribution in [0.1, 0.15) is 90.5 Å². The number of para-hydroxylation sites is 1. The van der Waals surface area contributed by atoms with Crippen LogP contribution in [0.25, 0.3) is 10.8 Å². The second-order valence-corrected chi connectivity index (χ2v) is 9.78. The third kappa shape index (κ3) is 23.4. The Bertz CT molecular complexity index is 1090. The maximum Gasteiger partial charge on any atom is 0.129 e. The highest BCUT2D eigenvalue weighted by Crippen LogP contribution is 2.21. The van der Waals surface area contributed by atoms with Crippen LogP contribution < -0.4 is 5.90 Å². The van der Waals surface area contributed by atoms with Crippen LogP contribution in [0, 0.1) is 19.8 Å². The predicted molar refractivity (Wildman–Crippen MR) is 175 cm³/mol.